The number of nitro benzene ring substituents is 2. The predicted octanol–water partition coefficient (Wildman–Crippen LogP) is 5.62. The fourth-order valence-electron chi connectivity index (χ4n) is 2.67. The summed E-state index contributed by atoms with van der Waals surface area (Å²) in [6.07, 6.45) is 1.13. The number of carbonyl (C=O) groups is 1. The molecule has 0 aliphatic heterocycles. The fourth-order valence-corrected chi connectivity index (χ4v) is 3.24. The molecule has 0 aliphatic carbocycles. The number of anilines is 1. The van der Waals surface area contributed by atoms with E-state index in [1.165, 1.54) is 30.3 Å². The Hall–Kier alpha value is -4.20. The molecule has 2 aromatic carbocycles. The topological polar surface area (TPSA) is 152 Å². The number of amides is 1. The summed E-state index contributed by atoms with van der Waals surface area (Å²) in [7, 11) is 0. The van der Waals surface area contributed by atoms with Crippen molar-refractivity contribution in [2.24, 2.45) is 0 Å². The summed E-state index contributed by atoms with van der Waals surface area (Å²) in [5.74, 6) is -0.637. The normalized spacial score (nSPS) is 11.0. The van der Waals surface area contributed by atoms with Gasteiger partial charge in [0.25, 0.3) is 17.3 Å². The van der Waals surface area contributed by atoms with Gasteiger partial charge in [-0.2, -0.15) is 5.26 Å². The molecule has 1 N–H and O–H groups in total. The number of nitrogens with one attached hydrogen (secondary N) is 1. The second-order valence-electron chi connectivity index (χ2n) is 6.14. The van der Waals surface area contributed by atoms with Crippen LogP contribution in [-0.2, 0) is 4.79 Å². The molecule has 32 heavy (non-hydrogen) atoms. The molecule has 0 unspecified atom stereocenters. The molecule has 3 rings (SSSR count). The van der Waals surface area contributed by atoms with Gasteiger partial charge >= 0.3 is 0 Å². The Morgan fingerprint density at radius 1 is 1.06 bits per heavy atom. The molecule has 1 heterocycles. The highest BCUT2D eigenvalue weighted by Gasteiger charge is 2.20. The van der Waals surface area contributed by atoms with Crippen LogP contribution in [0.5, 0.6) is 0 Å². The lowest BCUT2D eigenvalue weighted by molar-refractivity contribution is -0.384. The number of nitrogens with zero attached hydrogens (tertiary/aromatic N) is 3. The van der Waals surface area contributed by atoms with Crippen LogP contribution in [0, 0.1) is 31.6 Å². The molecule has 0 atom stereocenters. The highest BCUT2D eigenvalue weighted by molar-refractivity contribution is 6.40. The van der Waals surface area contributed by atoms with Crippen molar-refractivity contribution in [2.75, 3.05) is 5.32 Å². The van der Waals surface area contributed by atoms with E-state index in [0.29, 0.717) is 0 Å². The van der Waals surface area contributed by atoms with Gasteiger partial charge in [-0.1, -0.05) is 35.3 Å². The van der Waals surface area contributed by atoms with E-state index in [2.05, 4.69) is 5.32 Å². The first-order chi connectivity index (χ1) is 15.2. The Kier molecular flexibility index (Phi) is 6.53. The summed E-state index contributed by atoms with van der Waals surface area (Å²) in [4.78, 5) is 33.3. The number of hydrogen-bond donors (Lipinski definition) is 1. The number of nitriles is 1. The van der Waals surface area contributed by atoms with Crippen molar-refractivity contribution in [1.29, 1.82) is 5.26 Å². The molecule has 0 saturated carbocycles. The van der Waals surface area contributed by atoms with Crippen LogP contribution in [0.4, 0.5) is 17.1 Å². The van der Waals surface area contributed by atoms with E-state index >= 15 is 0 Å². The Morgan fingerprint density at radius 3 is 2.31 bits per heavy atom. The molecule has 0 aliphatic rings. The van der Waals surface area contributed by atoms with Gasteiger partial charge in [0.1, 0.15) is 23.2 Å². The Labute approximate surface area is 189 Å². The minimum absolute atomic E-state index is 0.0887. The summed E-state index contributed by atoms with van der Waals surface area (Å²) in [6, 6.07) is 12.5. The minimum atomic E-state index is -0.895. The molecule has 160 valence electrons. The maximum atomic E-state index is 12.5. The molecule has 0 radical (unpaired) electrons. The first-order valence-corrected chi connectivity index (χ1v) is 9.37. The van der Waals surface area contributed by atoms with Crippen LogP contribution in [0.3, 0.4) is 0 Å². The van der Waals surface area contributed by atoms with Crippen molar-refractivity contribution in [2.45, 2.75) is 0 Å². The van der Waals surface area contributed by atoms with E-state index < -0.39 is 15.8 Å². The molecule has 12 heteroatoms. The second-order valence-corrected chi connectivity index (χ2v) is 6.96. The predicted molar refractivity (Wildman–Crippen MR) is 116 cm³/mol. The Morgan fingerprint density at radius 2 is 1.72 bits per heavy atom. The number of nitro groups is 2. The van der Waals surface area contributed by atoms with E-state index in [9.17, 15) is 30.3 Å². The van der Waals surface area contributed by atoms with Crippen LogP contribution in [0.2, 0.25) is 10.0 Å². The molecule has 0 fully saturated rings. The highest BCUT2D eigenvalue weighted by atomic mass is 35.5. The molecule has 3 aromatic rings. The van der Waals surface area contributed by atoms with Crippen LogP contribution < -0.4 is 5.32 Å². The van der Waals surface area contributed by atoms with E-state index in [1.807, 2.05) is 0 Å². The SMILES string of the molecule is N#C/C(=C\c1ccc(-c2ccccc2[N+](=O)[O-])o1)C(=O)Nc1c(Cl)cc([N+](=O)[O-])cc1Cl. The Bertz CT molecular complexity index is 1300. The quantitative estimate of drug-likeness (QED) is 0.211. The summed E-state index contributed by atoms with van der Waals surface area (Å²) in [5, 5.41) is 33.4. The minimum Gasteiger partial charge on any atom is -0.456 e. The fraction of sp³-hybridized carbons (Fsp3) is 0. The van der Waals surface area contributed by atoms with Gasteiger partial charge in [-0.15, -0.1) is 0 Å². The van der Waals surface area contributed by atoms with Crippen molar-refractivity contribution in [3.63, 3.8) is 0 Å². The monoisotopic (exact) mass is 472 g/mol. The summed E-state index contributed by atoms with van der Waals surface area (Å²) >= 11 is 11.9. The number of non-ortho nitro benzene ring substituents is 1. The van der Waals surface area contributed by atoms with Crippen LogP contribution in [0.1, 0.15) is 5.76 Å². The van der Waals surface area contributed by atoms with Crippen LogP contribution in [-0.4, -0.2) is 15.8 Å². The average Bonchev–Trinajstić information content (AvgIpc) is 3.22. The molecule has 0 spiro atoms. The first kappa shape index (κ1) is 22.5. The molecule has 10 nitrogen and oxygen atoms in total. The molecule has 0 saturated heterocycles. The lowest BCUT2D eigenvalue weighted by Gasteiger charge is -2.08. The van der Waals surface area contributed by atoms with E-state index in [1.54, 1.807) is 12.1 Å². The second kappa shape index (κ2) is 9.30. The van der Waals surface area contributed by atoms with Crippen LogP contribution in [0.15, 0.2) is 58.5 Å². The molecule has 0 bridgehead atoms. The largest absolute Gasteiger partial charge is 0.456 e. The zero-order valence-corrected chi connectivity index (χ0v) is 17.3. The van der Waals surface area contributed by atoms with Crippen molar-refractivity contribution < 1.29 is 19.1 Å². The average molecular weight is 473 g/mol. The third kappa shape index (κ3) is 4.75. The standard InChI is InChI=1S/C20H10Cl2N4O6/c21-15-8-12(25(28)29)9-16(22)19(15)24-20(27)11(10-23)7-13-5-6-18(32-13)14-3-1-2-4-17(14)26(30)31/h1-9H,(H,24,27)/b11-7+. The number of carbonyl (C=O) groups excluding carboxylic acids is 1. The molecule has 1 amide bonds. The number of furan rings is 1. The molecule has 1 aromatic heterocycles. The third-order valence-corrected chi connectivity index (χ3v) is 4.72. The van der Waals surface area contributed by atoms with E-state index in [-0.39, 0.29) is 49.8 Å². The van der Waals surface area contributed by atoms with Crippen LogP contribution in [0.25, 0.3) is 17.4 Å². The zero-order chi connectivity index (χ0) is 23.4. The lowest BCUT2D eigenvalue weighted by Crippen LogP contribution is -2.14. The van der Waals surface area contributed by atoms with Gasteiger partial charge in [0.2, 0.25) is 0 Å². The first-order valence-electron chi connectivity index (χ1n) is 8.61. The van der Waals surface area contributed by atoms with Crippen LogP contribution >= 0.6 is 23.2 Å². The van der Waals surface area contributed by atoms with Crippen molar-refractivity contribution in [3.05, 3.63) is 90.1 Å². The highest BCUT2D eigenvalue weighted by Crippen LogP contribution is 2.35. The number of halogens is 2. The van der Waals surface area contributed by atoms with Crippen molar-refractivity contribution in [3.8, 4) is 17.4 Å². The summed E-state index contributed by atoms with van der Waals surface area (Å²) in [6.45, 7) is 0. The maximum Gasteiger partial charge on any atom is 0.280 e. The summed E-state index contributed by atoms with van der Waals surface area (Å²) < 4.78 is 5.54. The smallest absolute Gasteiger partial charge is 0.280 e. The van der Waals surface area contributed by atoms with Crippen molar-refractivity contribution in [1.82, 2.24) is 0 Å². The van der Waals surface area contributed by atoms with E-state index in [0.717, 1.165) is 18.2 Å². The number of hydrogen-bond acceptors (Lipinski definition) is 7. The molecular formula is C20H10Cl2N4O6. The maximum absolute atomic E-state index is 12.5. The van der Waals surface area contributed by atoms with Gasteiger partial charge in [-0.3, -0.25) is 25.0 Å². The van der Waals surface area contributed by atoms with Gasteiger partial charge in [0.15, 0.2) is 0 Å². The zero-order valence-electron chi connectivity index (χ0n) is 15.7. The van der Waals surface area contributed by atoms with Gasteiger partial charge in [-0.05, 0) is 18.2 Å². The number of para-hydroxylation sites is 1. The van der Waals surface area contributed by atoms with Gasteiger partial charge in [-0.25, -0.2) is 0 Å². The lowest BCUT2D eigenvalue weighted by atomic mass is 10.1. The van der Waals surface area contributed by atoms with E-state index in [4.69, 9.17) is 27.6 Å². The van der Waals surface area contributed by atoms with Gasteiger partial charge in [0.05, 0.1) is 31.1 Å². The Balaban J connectivity index is 1.88. The number of rotatable bonds is 6. The third-order valence-electron chi connectivity index (χ3n) is 4.12. The van der Waals surface area contributed by atoms with Gasteiger partial charge in [0, 0.05) is 24.3 Å². The molecular weight excluding hydrogens is 463 g/mol. The number of benzene rings is 2. The van der Waals surface area contributed by atoms with Crippen molar-refractivity contribution >= 4 is 52.2 Å². The summed E-state index contributed by atoms with van der Waals surface area (Å²) in [5.41, 5.74) is -0.807. The van der Waals surface area contributed by atoms with Gasteiger partial charge < -0.3 is 9.73 Å².